The Morgan fingerprint density at radius 3 is 2.28 bits per heavy atom. The molecule has 6 heterocycles. The van der Waals surface area contributed by atoms with Crippen LogP contribution in [0.25, 0.3) is 0 Å². The SMILES string of the molecule is C=CC1=C(C)C2=CC3=NC(=C4C(=O)OC(=O)C5=C(C)C(=CC6=NC(=CC1=N2)C(C)=C6CC)N=C54)[C@@H](CCC(=O)OC)[C@@H]3C. The number of methoxy groups -OCH3 is 1. The summed E-state index contributed by atoms with van der Waals surface area (Å²) in [6, 6.07) is 0. The molecule has 9 nitrogen and oxygen atoms in total. The number of hydrogen-bond donors (Lipinski definition) is 0. The first-order chi connectivity index (χ1) is 20.6. The third kappa shape index (κ3) is 4.42. The molecule has 0 unspecified atom stereocenters. The van der Waals surface area contributed by atoms with Gasteiger partial charge in [0.25, 0.3) is 0 Å². The third-order valence-electron chi connectivity index (χ3n) is 8.95. The average Bonchev–Trinajstić information content (AvgIpc) is 3.65. The van der Waals surface area contributed by atoms with Gasteiger partial charge < -0.3 is 9.47 Å². The molecular weight excluding hydrogens is 544 g/mol. The van der Waals surface area contributed by atoms with Crippen molar-refractivity contribution in [2.75, 3.05) is 7.11 Å². The Morgan fingerprint density at radius 1 is 0.930 bits per heavy atom. The second-order valence-corrected chi connectivity index (χ2v) is 11.2. The number of fused-ring (bicyclic) bond motifs is 4. The summed E-state index contributed by atoms with van der Waals surface area (Å²) in [5, 5.41) is 0. The molecule has 9 heteroatoms. The Kier molecular flexibility index (Phi) is 6.91. The number of cyclic esters (lactones) is 2. The zero-order valence-corrected chi connectivity index (χ0v) is 25.1. The molecule has 6 aliphatic heterocycles. The van der Waals surface area contributed by atoms with E-state index < -0.39 is 11.9 Å². The third-order valence-corrected chi connectivity index (χ3v) is 8.95. The summed E-state index contributed by atoms with van der Waals surface area (Å²) >= 11 is 0. The van der Waals surface area contributed by atoms with Crippen LogP contribution in [-0.4, -0.2) is 47.9 Å². The van der Waals surface area contributed by atoms with Crippen LogP contribution >= 0.6 is 0 Å². The van der Waals surface area contributed by atoms with E-state index in [-0.39, 0.29) is 41.1 Å². The van der Waals surface area contributed by atoms with Crippen molar-refractivity contribution in [1.29, 1.82) is 0 Å². The lowest BCUT2D eigenvalue weighted by Crippen LogP contribution is -2.32. The molecule has 2 atom stereocenters. The summed E-state index contributed by atoms with van der Waals surface area (Å²) in [6.07, 6.45) is 8.82. The molecule has 0 radical (unpaired) electrons. The Labute approximate surface area is 250 Å². The molecule has 1 saturated heterocycles. The number of esters is 3. The molecule has 8 bridgehead atoms. The summed E-state index contributed by atoms with van der Waals surface area (Å²) in [7, 11) is 1.35. The average molecular weight is 577 g/mol. The molecule has 43 heavy (non-hydrogen) atoms. The summed E-state index contributed by atoms with van der Waals surface area (Å²) < 4.78 is 10.2. The van der Waals surface area contributed by atoms with Crippen LogP contribution in [0.5, 0.6) is 0 Å². The molecule has 0 N–H and O–H groups in total. The van der Waals surface area contributed by atoms with Crippen molar-refractivity contribution in [1.82, 2.24) is 0 Å². The largest absolute Gasteiger partial charge is 0.469 e. The van der Waals surface area contributed by atoms with Gasteiger partial charge in [0.15, 0.2) is 0 Å². The highest BCUT2D eigenvalue weighted by atomic mass is 16.6. The molecule has 6 rings (SSSR count). The molecule has 0 aromatic heterocycles. The highest BCUT2D eigenvalue weighted by Crippen LogP contribution is 2.43. The molecule has 218 valence electrons. The smallest absolute Gasteiger partial charge is 0.350 e. The zero-order chi connectivity index (χ0) is 30.7. The van der Waals surface area contributed by atoms with Gasteiger partial charge in [0.2, 0.25) is 0 Å². The summed E-state index contributed by atoms with van der Waals surface area (Å²) in [4.78, 5) is 58.4. The Bertz CT molecular complexity index is 1810. The van der Waals surface area contributed by atoms with Crippen molar-refractivity contribution < 1.29 is 23.9 Å². The maximum absolute atomic E-state index is 13.4. The molecule has 0 aromatic rings. The van der Waals surface area contributed by atoms with Gasteiger partial charge in [-0.15, -0.1) is 0 Å². The number of nitrogens with zero attached hydrogens (tertiary/aromatic N) is 4. The lowest BCUT2D eigenvalue weighted by Gasteiger charge is -2.21. The van der Waals surface area contributed by atoms with Gasteiger partial charge in [-0.2, -0.15) is 0 Å². The van der Waals surface area contributed by atoms with Gasteiger partial charge in [0.1, 0.15) is 5.57 Å². The van der Waals surface area contributed by atoms with E-state index in [4.69, 9.17) is 29.4 Å². The lowest BCUT2D eigenvalue weighted by molar-refractivity contribution is -0.154. The minimum absolute atomic E-state index is 0.135. The van der Waals surface area contributed by atoms with Crippen LogP contribution in [-0.2, 0) is 23.9 Å². The van der Waals surface area contributed by atoms with E-state index in [0.717, 1.165) is 51.5 Å². The number of aliphatic imine (C=N–C) groups is 4. The van der Waals surface area contributed by atoms with Crippen LogP contribution in [0.2, 0.25) is 0 Å². The van der Waals surface area contributed by atoms with E-state index in [0.29, 0.717) is 29.1 Å². The second kappa shape index (κ2) is 10.5. The summed E-state index contributed by atoms with van der Waals surface area (Å²) in [5.41, 5.74) is 9.88. The van der Waals surface area contributed by atoms with Crippen LogP contribution in [0.1, 0.15) is 53.9 Å². The number of rotatable bonds is 5. The normalized spacial score (nSPS) is 24.5. The van der Waals surface area contributed by atoms with Gasteiger partial charge in [0.05, 0.1) is 52.6 Å². The van der Waals surface area contributed by atoms with Gasteiger partial charge >= 0.3 is 17.9 Å². The van der Waals surface area contributed by atoms with Gasteiger partial charge in [-0.1, -0.05) is 26.5 Å². The van der Waals surface area contributed by atoms with Crippen molar-refractivity contribution in [2.45, 2.75) is 53.9 Å². The molecule has 0 spiro atoms. The molecule has 1 fully saturated rings. The van der Waals surface area contributed by atoms with Crippen molar-refractivity contribution in [3.8, 4) is 0 Å². The molecular formula is C34H32N4O5. The van der Waals surface area contributed by atoms with Crippen molar-refractivity contribution in [3.05, 3.63) is 92.7 Å². The van der Waals surface area contributed by atoms with Gasteiger partial charge in [-0.05, 0) is 74.1 Å². The highest BCUT2D eigenvalue weighted by Gasteiger charge is 2.45. The number of hydrogen-bond acceptors (Lipinski definition) is 9. The number of allylic oxidation sites excluding steroid dienone is 10. The van der Waals surface area contributed by atoms with Gasteiger partial charge in [0, 0.05) is 29.5 Å². The Hall–Kier alpha value is -4.79. The topological polar surface area (TPSA) is 119 Å². The highest BCUT2D eigenvalue weighted by molar-refractivity contribution is 6.42. The first kappa shape index (κ1) is 28.3. The van der Waals surface area contributed by atoms with Crippen LogP contribution in [0, 0.1) is 11.8 Å². The Morgan fingerprint density at radius 2 is 1.58 bits per heavy atom. The predicted octanol–water partition coefficient (Wildman–Crippen LogP) is 5.56. The van der Waals surface area contributed by atoms with E-state index in [1.54, 1.807) is 13.0 Å². The van der Waals surface area contributed by atoms with Crippen LogP contribution < -0.4 is 0 Å². The second-order valence-electron chi connectivity index (χ2n) is 11.2. The number of carbonyl (C=O) groups excluding carboxylic acids is 3. The van der Waals surface area contributed by atoms with Crippen molar-refractivity contribution in [2.24, 2.45) is 31.8 Å². The van der Waals surface area contributed by atoms with Crippen molar-refractivity contribution in [3.63, 3.8) is 0 Å². The van der Waals surface area contributed by atoms with Gasteiger partial charge in [-0.3, -0.25) is 9.79 Å². The molecule has 0 saturated carbocycles. The van der Waals surface area contributed by atoms with Crippen LogP contribution in [0.15, 0.2) is 113 Å². The fraction of sp³-hybridized carbons (Fsp3) is 0.324. The van der Waals surface area contributed by atoms with Crippen molar-refractivity contribution >= 4 is 40.8 Å². The quantitative estimate of drug-likeness (QED) is 0.314. The lowest BCUT2D eigenvalue weighted by atomic mass is 9.83. The summed E-state index contributed by atoms with van der Waals surface area (Å²) in [6.45, 7) is 13.9. The first-order valence-corrected chi connectivity index (χ1v) is 14.4. The predicted molar refractivity (Wildman–Crippen MR) is 165 cm³/mol. The van der Waals surface area contributed by atoms with Crippen LogP contribution in [0.4, 0.5) is 0 Å². The minimum atomic E-state index is -0.801. The van der Waals surface area contributed by atoms with E-state index in [2.05, 4.69) is 13.5 Å². The fourth-order valence-electron chi connectivity index (χ4n) is 6.43. The van der Waals surface area contributed by atoms with E-state index in [9.17, 15) is 14.4 Å². The molecule has 6 aliphatic rings. The zero-order valence-electron chi connectivity index (χ0n) is 25.1. The maximum Gasteiger partial charge on any atom is 0.350 e. The first-order valence-electron chi connectivity index (χ1n) is 14.4. The van der Waals surface area contributed by atoms with Gasteiger partial charge in [-0.25, -0.2) is 24.6 Å². The fourth-order valence-corrected chi connectivity index (χ4v) is 6.43. The van der Waals surface area contributed by atoms with Crippen LogP contribution in [0.3, 0.4) is 0 Å². The maximum atomic E-state index is 13.4. The minimum Gasteiger partial charge on any atom is -0.469 e. The number of carbonyl (C=O) groups is 3. The summed E-state index contributed by atoms with van der Waals surface area (Å²) in [5.74, 6) is -2.41. The standard InChI is InChI=1S/C34H32N4O5/c1-8-19-15(3)22-12-24-17(5)21(10-11-28(39)42-7)31(37-24)30-32-29(33(40)43-34(30)41)18(6)25(38-32)14-27-20(9-2)16(4)23(36-27)13-26(19)35-22/h8,12-14,17,21H,1,9-11H2,2-7H3/t17-,21-/m0/s1. The van der Waals surface area contributed by atoms with E-state index in [1.165, 1.54) is 7.11 Å². The number of ether oxygens (including phenoxy) is 2. The van der Waals surface area contributed by atoms with E-state index >= 15 is 0 Å². The Balaban J connectivity index is 1.66. The molecule has 0 aromatic carbocycles. The van der Waals surface area contributed by atoms with E-state index in [1.807, 2.05) is 39.0 Å². The monoisotopic (exact) mass is 576 g/mol. The molecule has 0 amide bonds. The molecule has 0 aliphatic carbocycles.